The lowest BCUT2D eigenvalue weighted by atomic mass is 9.91. The summed E-state index contributed by atoms with van der Waals surface area (Å²) in [4.78, 5) is 12.2. The van der Waals surface area contributed by atoms with E-state index in [-0.39, 0.29) is 10.6 Å². The first-order valence-electron chi connectivity index (χ1n) is 5.78. The van der Waals surface area contributed by atoms with Gasteiger partial charge in [-0.2, -0.15) is 5.26 Å². The van der Waals surface area contributed by atoms with E-state index in [9.17, 15) is 18.0 Å². The van der Waals surface area contributed by atoms with Crippen molar-refractivity contribution in [3.8, 4) is 6.07 Å². The zero-order valence-corrected chi connectivity index (χ0v) is 11.2. The summed E-state index contributed by atoms with van der Waals surface area (Å²) in [5.41, 5.74) is -0.517. The van der Waals surface area contributed by atoms with Gasteiger partial charge in [-0.3, -0.25) is 4.79 Å². The third-order valence-corrected chi connectivity index (χ3v) is 3.19. The summed E-state index contributed by atoms with van der Waals surface area (Å²) in [5.74, 6) is -4.77. The van der Waals surface area contributed by atoms with Crippen LogP contribution in [0.1, 0.15) is 21.8 Å². The maximum atomic E-state index is 13.6. The van der Waals surface area contributed by atoms with Crippen LogP contribution in [0.4, 0.5) is 13.2 Å². The number of nitriles is 1. The number of hydrogen-bond donors (Lipinski definition) is 0. The predicted molar refractivity (Wildman–Crippen MR) is 70.5 cm³/mol. The Morgan fingerprint density at radius 2 is 1.71 bits per heavy atom. The third-order valence-electron chi connectivity index (χ3n) is 2.86. The van der Waals surface area contributed by atoms with Crippen molar-refractivity contribution in [3.05, 3.63) is 70.0 Å². The standard InChI is InChI=1S/C15H7ClF3NO/c16-13-6-9(18)1-3-10(13)12(7-20)15(21)11-5-8(17)2-4-14(11)19/h1-6,12H. The molecule has 2 aromatic carbocycles. The van der Waals surface area contributed by atoms with Crippen molar-refractivity contribution in [2.45, 2.75) is 5.92 Å². The average molecular weight is 310 g/mol. The van der Waals surface area contributed by atoms with Gasteiger partial charge in [-0.25, -0.2) is 13.2 Å². The van der Waals surface area contributed by atoms with Crippen LogP contribution >= 0.6 is 11.6 Å². The van der Waals surface area contributed by atoms with E-state index in [1.165, 1.54) is 6.07 Å². The first-order chi connectivity index (χ1) is 9.93. The Morgan fingerprint density at radius 1 is 1.10 bits per heavy atom. The second-order valence-electron chi connectivity index (χ2n) is 4.22. The summed E-state index contributed by atoms with van der Waals surface area (Å²) >= 11 is 5.79. The third kappa shape index (κ3) is 3.06. The van der Waals surface area contributed by atoms with Gasteiger partial charge in [0.2, 0.25) is 0 Å². The zero-order chi connectivity index (χ0) is 15.6. The molecule has 0 aliphatic rings. The molecule has 21 heavy (non-hydrogen) atoms. The molecule has 1 atom stereocenters. The molecule has 1 unspecified atom stereocenters. The fraction of sp³-hybridized carbons (Fsp3) is 0.0667. The molecule has 0 N–H and O–H groups in total. The summed E-state index contributed by atoms with van der Waals surface area (Å²) in [6.45, 7) is 0. The first kappa shape index (κ1) is 15.1. The minimum Gasteiger partial charge on any atom is -0.292 e. The van der Waals surface area contributed by atoms with E-state index < -0.39 is 34.7 Å². The molecule has 0 saturated carbocycles. The monoisotopic (exact) mass is 309 g/mol. The predicted octanol–water partition coefficient (Wildman–Crippen LogP) is 4.25. The molecular weight excluding hydrogens is 303 g/mol. The number of halogens is 4. The second kappa shape index (κ2) is 5.98. The first-order valence-corrected chi connectivity index (χ1v) is 6.15. The summed E-state index contributed by atoms with van der Waals surface area (Å²) in [6.07, 6.45) is 0. The molecule has 0 radical (unpaired) electrons. The highest BCUT2D eigenvalue weighted by atomic mass is 35.5. The normalized spacial score (nSPS) is 11.8. The molecule has 0 heterocycles. The van der Waals surface area contributed by atoms with E-state index in [0.717, 1.165) is 24.3 Å². The largest absolute Gasteiger partial charge is 0.292 e. The maximum absolute atomic E-state index is 13.6. The number of carbonyl (C=O) groups is 1. The van der Waals surface area contributed by atoms with Crippen molar-refractivity contribution in [1.82, 2.24) is 0 Å². The van der Waals surface area contributed by atoms with Gasteiger partial charge >= 0.3 is 0 Å². The lowest BCUT2D eigenvalue weighted by Crippen LogP contribution is -2.14. The summed E-state index contributed by atoms with van der Waals surface area (Å²) in [6, 6.07) is 7.18. The Hall–Kier alpha value is -2.32. The smallest absolute Gasteiger partial charge is 0.187 e. The van der Waals surface area contributed by atoms with Crippen molar-refractivity contribution in [2.24, 2.45) is 0 Å². The van der Waals surface area contributed by atoms with Gasteiger partial charge < -0.3 is 0 Å². The molecule has 2 aromatic rings. The molecule has 0 aliphatic heterocycles. The Morgan fingerprint density at radius 3 is 2.33 bits per heavy atom. The molecular formula is C15H7ClF3NO. The van der Waals surface area contributed by atoms with Gasteiger partial charge in [-0.05, 0) is 35.9 Å². The van der Waals surface area contributed by atoms with Crippen molar-refractivity contribution < 1.29 is 18.0 Å². The SMILES string of the molecule is N#CC(C(=O)c1cc(F)ccc1F)c1ccc(F)cc1Cl. The quantitative estimate of drug-likeness (QED) is 0.795. The Balaban J connectivity index is 2.49. The molecule has 0 aliphatic carbocycles. The molecule has 0 bridgehead atoms. The number of nitrogens with zero attached hydrogens (tertiary/aromatic N) is 1. The zero-order valence-electron chi connectivity index (χ0n) is 10.4. The molecule has 6 heteroatoms. The number of benzene rings is 2. The lowest BCUT2D eigenvalue weighted by molar-refractivity contribution is 0.0974. The van der Waals surface area contributed by atoms with E-state index in [4.69, 9.17) is 16.9 Å². The van der Waals surface area contributed by atoms with Gasteiger partial charge in [-0.1, -0.05) is 17.7 Å². The van der Waals surface area contributed by atoms with Crippen molar-refractivity contribution in [2.75, 3.05) is 0 Å². The Bertz CT molecular complexity index is 755. The maximum Gasteiger partial charge on any atom is 0.187 e. The second-order valence-corrected chi connectivity index (χ2v) is 4.62. The highest BCUT2D eigenvalue weighted by Crippen LogP contribution is 2.28. The lowest BCUT2D eigenvalue weighted by Gasteiger charge is -2.11. The molecule has 2 nitrogen and oxygen atoms in total. The van der Waals surface area contributed by atoms with Gasteiger partial charge in [-0.15, -0.1) is 0 Å². The highest BCUT2D eigenvalue weighted by molar-refractivity contribution is 6.31. The Kier molecular flexibility index (Phi) is 4.29. The van der Waals surface area contributed by atoms with Gasteiger partial charge in [0.15, 0.2) is 5.78 Å². The van der Waals surface area contributed by atoms with Gasteiger partial charge in [0, 0.05) is 5.02 Å². The van der Waals surface area contributed by atoms with Crippen molar-refractivity contribution in [1.29, 1.82) is 5.26 Å². The van der Waals surface area contributed by atoms with Crippen LogP contribution in [-0.2, 0) is 0 Å². The topological polar surface area (TPSA) is 40.9 Å². The van der Waals surface area contributed by atoms with Crippen LogP contribution in [0.3, 0.4) is 0 Å². The number of Topliss-reactive ketones (excluding diaryl/α,β-unsaturated/α-hetero) is 1. The molecule has 106 valence electrons. The minimum absolute atomic E-state index is 0.0363. The number of ketones is 1. The molecule has 0 saturated heterocycles. The average Bonchev–Trinajstić information content (AvgIpc) is 2.44. The van der Waals surface area contributed by atoms with Crippen LogP contribution < -0.4 is 0 Å². The molecule has 0 spiro atoms. The summed E-state index contributed by atoms with van der Waals surface area (Å²) in [7, 11) is 0. The fourth-order valence-corrected chi connectivity index (χ4v) is 2.12. The van der Waals surface area contributed by atoms with Crippen LogP contribution in [-0.4, -0.2) is 5.78 Å². The molecule has 0 fully saturated rings. The number of rotatable bonds is 3. The van der Waals surface area contributed by atoms with Crippen LogP contribution in [0.25, 0.3) is 0 Å². The molecule has 2 rings (SSSR count). The highest BCUT2D eigenvalue weighted by Gasteiger charge is 2.26. The van der Waals surface area contributed by atoms with E-state index in [0.29, 0.717) is 6.07 Å². The van der Waals surface area contributed by atoms with Crippen molar-refractivity contribution >= 4 is 17.4 Å². The van der Waals surface area contributed by atoms with E-state index in [2.05, 4.69) is 0 Å². The van der Waals surface area contributed by atoms with E-state index in [1.54, 1.807) is 6.07 Å². The fourth-order valence-electron chi connectivity index (χ4n) is 1.85. The van der Waals surface area contributed by atoms with Crippen LogP contribution in [0.5, 0.6) is 0 Å². The molecule has 0 amide bonds. The van der Waals surface area contributed by atoms with Crippen molar-refractivity contribution in [3.63, 3.8) is 0 Å². The minimum atomic E-state index is -1.45. The van der Waals surface area contributed by atoms with Crippen LogP contribution in [0, 0.1) is 28.8 Å². The van der Waals surface area contributed by atoms with E-state index in [1.807, 2.05) is 0 Å². The number of hydrogen-bond acceptors (Lipinski definition) is 2. The Labute approximate surface area is 123 Å². The summed E-state index contributed by atoms with van der Waals surface area (Å²) < 4.78 is 39.7. The van der Waals surface area contributed by atoms with E-state index >= 15 is 0 Å². The van der Waals surface area contributed by atoms with Gasteiger partial charge in [0.1, 0.15) is 23.4 Å². The molecule has 0 aromatic heterocycles. The summed E-state index contributed by atoms with van der Waals surface area (Å²) in [5, 5.41) is 8.99. The van der Waals surface area contributed by atoms with Gasteiger partial charge in [0.25, 0.3) is 0 Å². The van der Waals surface area contributed by atoms with Crippen LogP contribution in [0.2, 0.25) is 5.02 Å². The van der Waals surface area contributed by atoms with Gasteiger partial charge in [0.05, 0.1) is 11.6 Å². The van der Waals surface area contributed by atoms with Crippen LogP contribution in [0.15, 0.2) is 36.4 Å². The number of carbonyl (C=O) groups excluding carboxylic acids is 1.